The second-order valence-electron chi connectivity index (χ2n) is 4.28. The third kappa shape index (κ3) is 1.92. The Hall–Kier alpha value is -2.37. The van der Waals surface area contributed by atoms with E-state index in [2.05, 4.69) is 10.2 Å². The van der Waals surface area contributed by atoms with E-state index in [9.17, 15) is 5.11 Å². The van der Waals surface area contributed by atoms with Crippen molar-refractivity contribution in [1.82, 2.24) is 4.57 Å². The van der Waals surface area contributed by atoms with Gasteiger partial charge in [-0.15, -0.1) is 0 Å². The molecule has 0 bridgehead atoms. The van der Waals surface area contributed by atoms with E-state index in [0.717, 1.165) is 10.9 Å². The summed E-state index contributed by atoms with van der Waals surface area (Å²) < 4.78 is 1.79. The molecule has 0 saturated carbocycles. The molecule has 18 heavy (non-hydrogen) atoms. The van der Waals surface area contributed by atoms with Crippen LogP contribution in [0.1, 0.15) is 19.9 Å². The zero-order valence-corrected chi connectivity index (χ0v) is 10.3. The number of fused-ring (bicyclic) bond motifs is 1. The van der Waals surface area contributed by atoms with E-state index >= 15 is 0 Å². The van der Waals surface area contributed by atoms with Crippen LogP contribution in [0.25, 0.3) is 10.9 Å². The largest absolute Gasteiger partial charge is 0.493 e. The lowest BCUT2D eigenvalue weighted by Gasteiger charge is -2.10. The summed E-state index contributed by atoms with van der Waals surface area (Å²) in [6, 6.07) is 7.68. The molecule has 6 heteroatoms. The number of azo groups is 1. The van der Waals surface area contributed by atoms with E-state index in [4.69, 9.17) is 11.1 Å². The molecular weight excluding hydrogens is 230 g/mol. The first-order valence-corrected chi connectivity index (χ1v) is 5.64. The summed E-state index contributed by atoms with van der Waals surface area (Å²) in [6.07, 6.45) is 0. The summed E-state index contributed by atoms with van der Waals surface area (Å²) in [7, 11) is 0. The van der Waals surface area contributed by atoms with E-state index in [-0.39, 0.29) is 17.9 Å². The zero-order valence-electron chi connectivity index (χ0n) is 10.3. The zero-order chi connectivity index (χ0) is 13.3. The number of hydrogen-bond donors (Lipinski definition) is 3. The van der Waals surface area contributed by atoms with Crippen LogP contribution in [0.2, 0.25) is 0 Å². The molecule has 0 radical (unpaired) electrons. The maximum Gasteiger partial charge on any atom is 0.403 e. The highest BCUT2D eigenvalue weighted by atomic mass is 16.3. The molecule has 0 aliphatic rings. The van der Waals surface area contributed by atoms with Gasteiger partial charge in [0.25, 0.3) is 0 Å². The number of nitrogens with two attached hydrogens (primary N) is 2. The Labute approximate surface area is 104 Å². The minimum absolute atomic E-state index is 0.0659. The fourth-order valence-corrected chi connectivity index (χ4v) is 1.96. The molecule has 1 heterocycles. The number of aromatic hydroxyl groups is 1. The molecule has 0 aliphatic carbocycles. The Morgan fingerprint density at radius 2 is 2.06 bits per heavy atom. The van der Waals surface area contributed by atoms with Gasteiger partial charge in [-0.2, -0.15) is 0 Å². The Morgan fingerprint density at radius 3 is 2.67 bits per heavy atom. The van der Waals surface area contributed by atoms with Gasteiger partial charge in [-0.3, -0.25) is 11.1 Å². The molecule has 94 valence electrons. The summed E-state index contributed by atoms with van der Waals surface area (Å²) >= 11 is 0. The van der Waals surface area contributed by atoms with Gasteiger partial charge in [0.2, 0.25) is 5.88 Å². The van der Waals surface area contributed by atoms with E-state index < -0.39 is 0 Å². The van der Waals surface area contributed by atoms with Gasteiger partial charge in [-0.25, -0.2) is 0 Å². The van der Waals surface area contributed by atoms with E-state index in [1.165, 1.54) is 0 Å². The first kappa shape index (κ1) is 12.1. The lowest BCUT2D eigenvalue weighted by atomic mass is 10.2. The molecule has 5 N–H and O–H groups in total. The van der Waals surface area contributed by atoms with Crippen LogP contribution in [0.5, 0.6) is 5.88 Å². The number of guanidine groups is 1. The van der Waals surface area contributed by atoms with Crippen LogP contribution in [-0.4, -0.2) is 15.6 Å². The maximum atomic E-state index is 10.2. The van der Waals surface area contributed by atoms with Crippen molar-refractivity contribution in [1.29, 1.82) is 0 Å². The monoisotopic (exact) mass is 246 g/mol. The molecule has 0 saturated heterocycles. The molecule has 0 aliphatic heterocycles. The fraction of sp³-hybridized carbons (Fsp3) is 0.250. The quantitative estimate of drug-likeness (QED) is 0.419. The van der Waals surface area contributed by atoms with Crippen LogP contribution < -0.4 is 11.1 Å². The second kappa shape index (κ2) is 4.48. The molecule has 1 aromatic heterocycles. The minimum atomic E-state index is -0.143. The molecule has 0 amide bonds. The molecular formula is C12H16N5O+. The van der Waals surface area contributed by atoms with Gasteiger partial charge in [-0.1, -0.05) is 23.3 Å². The predicted octanol–water partition coefficient (Wildman–Crippen LogP) is 1.09. The normalized spacial score (nSPS) is 11.7. The van der Waals surface area contributed by atoms with Crippen molar-refractivity contribution < 1.29 is 10.5 Å². The lowest BCUT2D eigenvalue weighted by molar-refractivity contribution is -0.117. The smallest absolute Gasteiger partial charge is 0.403 e. The van der Waals surface area contributed by atoms with Crippen molar-refractivity contribution in [3.8, 4) is 5.88 Å². The van der Waals surface area contributed by atoms with Gasteiger partial charge in [0.05, 0.1) is 5.52 Å². The average molecular weight is 246 g/mol. The van der Waals surface area contributed by atoms with Crippen molar-refractivity contribution in [3.63, 3.8) is 0 Å². The van der Waals surface area contributed by atoms with E-state index in [1.54, 1.807) is 4.57 Å². The Kier molecular flexibility index (Phi) is 3.01. The summed E-state index contributed by atoms with van der Waals surface area (Å²) in [6.45, 7) is 3.97. The van der Waals surface area contributed by atoms with Crippen LogP contribution in [0, 0.1) is 0 Å². The highest BCUT2D eigenvalue weighted by Crippen LogP contribution is 2.40. The number of benzene rings is 1. The first-order valence-electron chi connectivity index (χ1n) is 5.64. The van der Waals surface area contributed by atoms with Gasteiger partial charge in [0, 0.05) is 16.5 Å². The predicted molar refractivity (Wildman–Crippen MR) is 69.6 cm³/mol. The molecule has 1 aromatic carbocycles. The lowest BCUT2D eigenvalue weighted by Crippen LogP contribution is -2.43. The molecule has 2 rings (SSSR count). The van der Waals surface area contributed by atoms with E-state index in [1.807, 2.05) is 38.1 Å². The molecule has 0 atom stereocenters. The Bertz CT molecular complexity index is 627. The number of hydrogen-bond acceptors (Lipinski definition) is 2. The van der Waals surface area contributed by atoms with Crippen LogP contribution >= 0.6 is 0 Å². The number of rotatable bonds is 2. The average Bonchev–Trinajstić information content (AvgIpc) is 2.58. The fourth-order valence-electron chi connectivity index (χ4n) is 1.96. The first-order chi connectivity index (χ1) is 8.52. The van der Waals surface area contributed by atoms with Crippen molar-refractivity contribution in [2.75, 3.05) is 0 Å². The van der Waals surface area contributed by atoms with Crippen LogP contribution in [0.4, 0.5) is 5.69 Å². The number of nitrogens with zero attached hydrogens (tertiary/aromatic N) is 3. The van der Waals surface area contributed by atoms with Gasteiger partial charge < -0.3 is 9.67 Å². The number of aromatic nitrogens is 1. The van der Waals surface area contributed by atoms with Gasteiger partial charge >= 0.3 is 5.96 Å². The van der Waals surface area contributed by atoms with Crippen molar-refractivity contribution in [2.45, 2.75) is 19.9 Å². The summed E-state index contributed by atoms with van der Waals surface area (Å²) in [5.74, 6) is -0.0769. The number of para-hydroxylation sites is 1. The molecule has 0 unspecified atom stereocenters. The third-order valence-corrected chi connectivity index (χ3v) is 2.64. The van der Waals surface area contributed by atoms with Gasteiger partial charge in [-0.05, 0) is 19.9 Å². The Morgan fingerprint density at radius 1 is 1.39 bits per heavy atom. The van der Waals surface area contributed by atoms with Crippen LogP contribution in [0.15, 0.2) is 34.5 Å². The molecule has 6 nitrogen and oxygen atoms in total. The summed E-state index contributed by atoms with van der Waals surface area (Å²) in [4.78, 5) is 0. The molecule has 2 aromatic rings. The minimum Gasteiger partial charge on any atom is -0.493 e. The van der Waals surface area contributed by atoms with Crippen molar-refractivity contribution in [3.05, 3.63) is 24.3 Å². The van der Waals surface area contributed by atoms with Gasteiger partial charge in [0.1, 0.15) is 0 Å². The van der Waals surface area contributed by atoms with Crippen molar-refractivity contribution >= 4 is 22.5 Å². The standard InChI is InChI=1S/C12H15N5O/c1-7(2)17-9-6-4-3-5-8(9)10(11(17)18)15-16-12(13)14/h3-7,18H,1-2H3,(H3,13,14)/p+1. The topological polar surface area (TPSA) is 101 Å². The van der Waals surface area contributed by atoms with E-state index in [0.29, 0.717) is 5.69 Å². The molecule has 0 spiro atoms. The third-order valence-electron chi connectivity index (χ3n) is 2.64. The van der Waals surface area contributed by atoms with Crippen LogP contribution in [0.3, 0.4) is 0 Å². The molecule has 0 fully saturated rings. The Balaban J connectivity index is 2.73. The maximum absolute atomic E-state index is 10.2. The van der Waals surface area contributed by atoms with Crippen LogP contribution in [-0.2, 0) is 0 Å². The SMILES string of the molecule is CC(C)n1c(O)c(N=NC(N)=[NH2+])c2ccccc21. The summed E-state index contributed by atoms with van der Waals surface area (Å²) in [5, 5.41) is 23.8. The second-order valence-corrected chi connectivity index (χ2v) is 4.28. The highest BCUT2D eigenvalue weighted by molar-refractivity contribution is 5.95. The van der Waals surface area contributed by atoms with Crippen molar-refractivity contribution in [2.24, 2.45) is 16.0 Å². The summed E-state index contributed by atoms with van der Waals surface area (Å²) in [5.41, 5.74) is 6.53. The highest BCUT2D eigenvalue weighted by Gasteiger charge is 2.18. The van der Waals surface area contributed by atoms with Gasteiger partial charge in [0.15, 0.2) is 5.69 Å².